The minimum Gasteiger partial charge on any atom is -0.507 e. The standard InChI is InChI=1S/C33H28F3N5O3/c1-19-5-6-21(31(43)39-24-4-2-3-23(17-24)33(34,35)36)15-26(19)27-16-22-18-38-32(37)40-29(22)28(30(27)42)20-7-9-25(10-8-20)41-11-13-44-14-12-41/h2-10,15-18,42H,11-14H2,1H3,(H,39,43)(H2,37,38,40). The van der Waals surface area contributed by atoms with Crippen LogP contribution in [0.4, 0.5) is 30.5 Å². The number of anilines is 3. The molecule has 5 aromatic rings. The zero-order chi connectivity index (χ0) is 31.0. The number of phenols is 1. The molecular formula is C33H28F3N5O3. The Morgan fingerprint density at radius 1 is 1.00 bits per heavy atom. The Morgan fingerprint density at radius 3 is 2.48 bits per heavy atom. The van der Waals surface area contributed by atoms with E-state index in [0.717, 1.165) is 36.5 Å². The van der Waals surface area contributed by atoms with Gasteiger partial charge in [0, 0.05) is 47.2 Å². The van der Waals surface area contributed by atoms with Crippen molar-refractivity contribution >= 4 is 34.1 Å². The molecule has 6 rings (SSSR count). The number of alkyl halides is 3. The number of carbonyl (C=O) groups excluding carboxylic acids is 1. The fourth-order valence-electron chi connectivity index (χ4n) is 5.35. The Morgan fingerprint density at radius 2 is 1.75 bits per heavy atom. The van der Waals surface area contributed by atoms with Crippen molar-refractivity contribution in [3.8, 4) is 28.0 Å². The topological polar surface area (TPSA) is 114 Å². The molecule has 11 heteroatoms. The number of nitrogens with one attached hydrogen (secondary N) is 1. The largest absolute Gasteiger partial charge is 0.507 e. The number of ether oxygens (including phenoxy) is 1. The van der Waals surface area contributed by atoms with E-state index >= 15 is 0 Å². The summed E-state index contributed by atoms with van der Waals surface area (Å²) in [7, 11) is 0. The summed E-state index contributed by atoms with van der Waals surface area (Å²) in [5.74, 6) is -0.602. The van der Waals surface area contributed by atoms with Crippen LogP contribution < -0.4 is 16.0 Å². The molecule has 0 aliphatic carbocycles. The SMILES string of the molecule is Cc1ccc(C(=O)Nc2cccc(C(F)(F)F)c2)cc1-c1cc2cnc(N)nc2c(-c2ccc(N3CCOCC3)cc2)c1O. The van der Waals surface area contributed by atoms with Crippen molar-refractivity contribution in [2.45, 2.75) is 13.1 Å². The van der Waals surface area contributed by atoms with Gasteiger partial charge in [-0.15, -0.1) is 0 Å². The van der Waals surface area contributed by atoms with Crippen LogP contribution in [0.1, 0.15) is 21.5 Å². The number of rotatable bonds is 5. The molecule has 1 aliphatic heterocycles. The molecule has 2 heterocycles. The molecule has 1 fully saturated rings. The molecule has 1 saturated heterocycles. The van der Waals surface area contributed by atoms with Crippen LogP contribution in [0.2, 0.25) is 0 Å². The number of phenolic OH excluding ortho intramolecular Hbond substituents is 1. The number of benzene rings is 4. The monoisotopic (exact) mass is 599 g/mol. The molecule has 8 nitrogen and oxygen atoms in total. The van der Waals surface area contributed by atoms with E-state index in [1.165, 1.54) is 12.1 Å². The Bertz CT molecular complexity index is 1870. The first-order valence-electron chi connectivity index (χ1n) is 13.9. The molecule has 1 aliphatic rings. The zero-order valence-corrected chi connectivity index (χ0v) is 23.7. The van der Waals surface area contributed by atoms with Gasteiger partial charge >= 0.3 is 6.18 Å². The number of nitrogens with two attached hydrogens (primary N) is 1. The number of aryl methyl sites for hydroxylation is 1. The van der Waals surface area contributed by atoms with Crippen LogP contribution in [0.25, 0.3) is 33.2 Å². The summed E-state index contributed by atoms with van der Waals surface area (Å²) in [5, 5.41) is 14.9. The number of halogens is 3. The third kappa shape index (κ3) is 5.73. The molecule has 0 bridgehead atoms. The van der Waals surface area contributed by atoms with Crippen molar-refractivity contribution in [2.24, 2.45) is 0 Å². The van der Waals surface area contributed by atoms with Gasteiger partial charge in [-0.25, -0.2) is 9.97 Å². The number of hydrogen-bond donors (Lipinski definition) is 3. The predicted molar refractivity (Wildman–Crippen MR) is 164 cm³/mol. The Balaban J connectivity index is 1.41. The van der Waals surface area contributed by atoms with E-state index in [-0.39, 0.29) is 22.9 Å². The number of hydrogen-bond acceptors (Lipinski definition) is 7. The van der Waals surface area contributed by atoms with Crippen molar-refractivity contribution in [1.82, 2.24) is 9.97 Å². The van der Waals surface area contributed by atoms with Crippen LogP contribution in [0.3, 0.4) is 0 Å². The van der Waals surface area contributed by atoms with Gasteiger partial charge in [-0.05, 0) is 72.1 Å². The molecule has 0 spiro atoms. The lowest BCUT2D eigenvalue weighted by atomic mass is 9.91. The average molecular weight is 600 g/mol. The molecule has 1 aromatic heterocycles. The number of aromatic nitrogens is 2. The van der Waals surface area contributed by atoms with Crippen LogP contribution in [-0.4, -0.2) is 47.3 Å². The first-order chi connectivity index (χ1) is 21.1. The smallest absolute Gasteiger partial charge is 0.416 e. The lowest BCUT2D eigenvalue weighted by Crippen LogP contribution is -2.36. The van der Waals surface area contributed by atoms with Gasteiger partial charge in [0.15, 0.2) is 0 Å². The van der Waals surface area contributed by atoms with Gasteiger partial charge in [0.1, 0.15) is 5.75 Å². The fraction of sp³-hybridized carbons (Fsp3) is 0.182. The van der Waals surface area contributed by atoms with Crippen LogP contribution in [-0.2, 0) is 10.9 Å². The molecule has 1 amide bonds. The maximum Gasteiger partial charge on any atom is 0.416 e. The number of amides is 1. The minimum atomic E-state index is -4.54. The first kappa shape index (κ1) is 28.9. The van der Waals surface area contributed by atoms with Gasteiger partial charge in [0.05, 0.1) is 29.9 Å². The second-order valence-electron chi connectivity index (χ2n) is 10.5. The number of carbonyl (C=O) groups is 1. The number of fused-ring (bicyclic) bond motifs is 1. The number of morpholine rings is 1. The van der Waals surface area contributed by atoms with E-state index in [0.29, 0.717) is 46.4 Å². The molecule has 0 atom stereocenters. The fourth-order valence-corrected chi connectivity index (χ4v) is 5.35. The molecule has 0 saturated carbocycles. The number of aromatic hydroxyl groups is 1. The molecule has 0 radical (unpaired) electrons. The van der Waals surface area contributed by atoms with Gasteiger partial charge in [-0.3, -0.25) is 4.79 Å². The molecular weight excluding hydrogens is 571 g/mol. The summed E-state index contributed by atoms with van der Waals surface area (Å²) < 4.78 is 45.0. The number of nitrogens with zero attached hydrogens (tertiary/aromatic N) is 3. The summed E-state index contributed by atoms with van der Waals surface area (Å²) in [6.45, 7) is 4.71. The van der Waals surface area contributed by atoms with E-state index in [1.807, 2.05) is 31.2 Å². The van der Waals surface area contributed by atoms with E-state index in [9.17, 15) is 23.1 Å². The molecule has 224 valence electrons. The Kier molecular flexibility index (Phi) is 7.56. The maximum atomic E-state index is 13.2. The average Bonchev–Trinajstić information content (AvgIpc) is 3.01. The summed E-state index contributed by atoms with van der Waals surface area (Å²) in [6.07, 6.45) is -2.97. The van der Waals surface area contributed by atoms with Gasteiger partial charge in [-0.2, -0.15) is 13.2 Å². The highest BCUT2D eigenvalue weighted by molar-refractivity contribution is 6.06. The Labute approximate surface area is 250 Å². The summed E-state index contributed by atoms with van der Waals surface area (Å²) in [4.78, 5) is 24.0. The second-order valence-corrected chi connectivity index (χ2v) is 10.5. The van der Waals surface area contributed by atoms with Crippen LogP contribution >= 0.6 is 0 Å². The van der Waals surface area contributed by atoms with Crippen molar-refractivity contribution in [3.63, 3.8) is 0 Å². The zero-order valence-electron chi connectivity index (χ0n) is 23.7. The van der Waals surface area contributed by atoms with Crippen molar-refractivity contribution in [3.05, 3.63) is 95.7 Å². The maximum absolute atomic E-state index is 13.2. The van der Waals surface area contributed by atoms with Crippen LogP contribution in [0.15, 0.2) is 79.0 Å². The lowest BCUT2D eigenvalue weighted by molar-refractivity contribution is -0.137. The van der Waals surface area contributed by atoms with E-state index in [4.69, 9.17) is 10.5 Å². The third-order valence-electron chi connectivity index (χ3n) is 7.63. The van der Waals surface area contributed by atoms with Gasteiger partial charge in [0.25, 0.3) is 5.91 Å². The highest BCUT2D eigenvalue weighted by Gasteiger charge is 2.30. The van der Waals surface area contributed by atoms with Crippen molar-refractivity contribution < 1.29 is 27.8 Å². The second kappa shape index (κ2) is 11.5. The van der Waals surface area contributed by atoms with E-state index < -0.39 is 17.6 Å². The van der Waals surface area contributed by atoms with Crippen LogP contribution in [0.5, 0.6) is 5.75 Å². The molecule has 0 unspecified atom stereocenters. The molecule has 44 heavy (non-hydrogen) atoms. The Hall–Kier alpha value is -5.16. The van der Waals surface area contributed by atoms with Gasteiger partial charge in [0.2, 0.25) is 5.95 Å². The normalized spacial score (nSPS) is 13.7. The van der Waals surface area contributed by atoms with Gasteiger partial charge in [-0.1, -0.05) is 24.3 Å². The van der Waals surface area contributed by atoms with Crippen molar-refractivity contribution in [2.75, 3.05) is 42.3 Å². The third-order valence-corrected chi connectivity index (χ3v) is 7.63. The first-order valence-corrected chi connectivity index (χ1v) is 13.9. The van der Waals surface area contributed by atoms with Crippen LogP contribution in [0, 0.1) is 6.92 Å². The van der Waals surface area contributed by atoms with E-state index in [1.54, 1.807) is 30.5 Å². The summed E-state index contributed by atoms with van der Waals surface area (Å²) >= 11 is 0. The molecule has 4 aromatic carbocycles. The highest BCUT2D eigenvalue weighted by atomic mass is 19.4. The predicted octanol–water partition coefficient (Wildman–Crippen LogP) is 6.67. The lowest BCUT2D eigenvalue weighted by Gasteiger charge is -2.29. The minimum absolute atomic E-state index is 0.0121. The van der Waals surface area contributed by atoms with E-state index in [2.05, 4.69) is 20.2 Å². The summed E-state index contributed by atoms with van der Waals surface area (Å²) in [6, 6.07) is 18.8. The summed E-state index contributed by atoms with van der Waals surface area (Å²) in [5.41, 5.74) is 9.70. The molecule has 4 N–H and O–H groups in total. The van der Waals surface area contributed by atoms with Crippen molar-refractivity contribution in [1.29, 1.82) is 0 Å². The number of nitrogen functional groups attached to an aromatic ring is 1. The highest BCUT2D eigenvalue weighted by Crippen LogP contribution is 2.44. The quantitative estimate of drug-likeness (QED) is 0.207. The van der Waals surface area contributed by atoms with Gasteiger partial charge < -0.3 is 25.8 Å².